The van der Waals surface area contributed by atoms with E-state index in [-0.39, 0.29) is 12.4 Å². The van der Waals surface area contributed by atoms with E-state index in [9.17, 15) is 19.1 Å². The first-order chi connectivity index (χ1) is 11.3. The molecular formula is C16H18FN3O4. The van der Waals surface area contributed by atoms with Crippen LogP contribution in [-0.4, -0.2) is 40.5 Å². The Labute approximate surface area is 138 Å². The minimum absolute atomic E-state index is 0.242. The van der Waals surface area contributed by atoms with Crippen LogP contribution < -0.4 is 5.32 Å². The minimum Gasteiger partial charge on any atom is -0.479 e. The highest BCUT2D eigenvalue weighted by molar-refractivity contribution is 5.85. The number of aryl methyl sites for hydroxylation is 1. The predicted octanol–water partition coefficient (Wildman–Crippen LogP) is 1.52. The van der Waals surface area contributed by atoms with Gasteiger partial charge >= 0.3 is 5.97 Å². The molecule has 0 aliphatic rings. The van der Waals surface area contributed by atoms with E-state index in [2.05, 4.69) is 10.4 Å². The van der Waals surface area contributed by atoms with Crippen molar-refractivity contribution < 1.29 is 23.8 Å². The van der Waals surface area contributed by atoms with Crippen LogP contribution in [0.3, 0.4) is 0 Å². The number of hydrogen-bond acceptors (Lipinski definition) is 4. The van der Waals surface area contributed by atoms with Crippen LogP contribution >= 0.6 is 0 Å². The van der Waals surface area contributed by atoms with Crippen molar-refractivity contribution >= 4 is 11.9 Å². The lowest BCUT2D eigenvalue weighted by atomic mass is 10.0. The summed E-state index contributed by atoms with van der Waals surface area (Å²) in [6, 6.07) is 4.42. The second kappa shape index (κ2) is 7.22. The average molecular weight is 335 g/mol. The third-order valence-electron chi connectivity index (χ3n) is 3.53. The number of hydrogen-bond donors (Lipinski definition) is 2. The molecule has 2 rings (SSSR count). The first-order valence-electron chi connectivity index (χ1n) is 7.18. The van der Waals surface area contributed by atoms with Gasteiger partial charge in [-0.05, 0) is 38.1 Å². The van der Waals surface area contributed by atoms with E-state index in [1.54, 1.807) is 13.8 Å². The molecule has 1 atom stereocenters. The number of carbonyl (C=O) groups excluding carboxylic acids is 1. The van der Waals surface area contributed by atoms with Crippen LogP contribution in [0.25, 0.3) is 5.69 Å². The second-order valence-electron chi connectivity index (χ2n) is 5.24. The van der Waals surface area contributed by atoms with Crippen LogP contribution in [0.1, 0.15) is 23.0 Å². The van der Waals surface area contributed by atoms with Gasteiger partial charge in [-0.3, -0.25) is 4.79 Å². The number of ether oxygens (including phenoxy) is 1. The van der Waals surface area contributed by atoms with Gasteiger partial charge in [0.2, 0.25) is 5.91 Å². The van der Waals surface area contributed by atoms with Crippen LogP contribution in [-0.2, 0) is 14.3 Å². The number of carboxylic acid groups (broad SMARTS) is 1. The normalized spacial score (nSPS) is 12.0. The molecule has 0 bridgehead atoms. The number of halogens is 1. The molecule has 7 nitrogen and oxygen atoms in total. The lowest BCUT2D eigenvalue weighted by molar-refractivity contribution is -0.142. The van der Waals surface area contributed by atoms with Crippen molar-refractivity contribution in [1.29, 1.82) is 0 Å². The van der Waals surface area contributed by atoms with E-state index < -0.39 is 17.9 Å². The molecule has 0 fully saturated rings. The maximum Gasteiger partial charge on any atom is 0.331 e. The Morgan fingerprint density at radius 2 is 1.96 bits per heavy atom. The van der Waals surface area contributed by atoms with Crippen molar-refractivity contribution in [2.75, 3.05) is 13.7 Å². The fraction of sp³-hybridized carbons (Fsp3) is 0.312. The highest BCUT2D eigenvalue weighted by atomic mass is 19.1. The first kappa shape index (κ1) is 17.6. The quantitative estimate of drug-likeness (QED) is 0.835. The van der Waals surface area contributed by atoms with Gasteiger partial charge in [0.1, 0.15) is 12.4 Å². The van der Waals surface area contributed by atoms with Crippen molar-refractivity contribution in [3.8, 4) is 5.69 Å². The van der Waals surface area contributed by atoms with Gasteiger partial charge in [-0.25, -0.2) is 13.9 Å². The van der Waals surface area contributed by atoms with E-state index >= 15 is 0 Å². The van der Waals surface area contributed by atoms with Crippen molar-refractivity contribution in [3.05, 3.63) is 47.0 Å². The summed E-state index contributed by atoms with van der Waals surface area (Å²) < 4.78 is 19.3. The summed E-state index contributed by atoms with van der Waals surface area (Å²) in [6.45, 7) is 3.10. The monoisotopic (exact) mass is 335 g/mol. The zero-order valence-electron chi connectivity index (χ0n) is 13.5. The van der Waals surface area contributed by atoms with E-state index in [0.29, 0.717) is 22.6 Å². The van der Waals surface area contributed by atoms with Crippen LogP contribution in [0.5, 0.6) is 0 Å². The topological polar surface area (TPSA) is 93.4 Å². The highest BCUT2D eigenvalue weighted by Gasteiger charge is 2.28. The summed E-state index contributed by atoms with van der Waals surface area (Å²) in [4.78, 5) is 23.3. The molecule has 0 aliphatic heterocycles. The Hall–Kier alpha value is -2.74. The highest BCUT2D eigenvalue weighted by Crippen LogP contribution is 2.24. The molecule has 0 spiro atoms. The number of rotatable bonds is 6. The maximum absolute atomic E-state index is 13.1. The van der Waals surface area contributed by atoms with Crippen LogP contribution in [0, 0.1) is 19.7 Å². The smallest absolute Gasteiger partial charge is 0.331 e. The van der Waals surface area contributed by atoms with Gasteiger partial charge in [-0.2, -0.15) is 5.10 Å². The molecule has 0 saturated carbocycles. The van der Waals surface area contributed by atoms with Crippen molar-refractivity contribution in [1.82, 2.24) is 15.1 Å². The maximum atomic E-state index is 13.1. The molecule has 1 heterocycles. The van der Waals surface area contributed by atoms with Crippen LogP contribution in [0.2, 0.25) is 0 Å². The number of aromatic nitrogens is 2. The molecule has 8 heteroatoms. The lowest BCUT2D eigenvalue weighted by Gasteiger charge is -2.15. The number of aliphatic carboxylic acids is 1. The predicted molar refractivity (Wildman–Crippen MR) is 83.4 cm³/mol. The summed E-state index contributed by atoms with van der Waals surface area (Å²) in [5.41, 5.74) is 1.98. The summed E-state index contributed by atoms with van der Waals surface area (Å²) in [5.74, 6) is -2.13. The third kappa shape index (κ3) is 3.60. The van der Waals surface area contributed by atoms with Gasteiger partial charge in [0.05, 0.1) is 11.4 Å². The zero-order chi connectivity index (χ0) is 17.9. The number of carbonyl (C=O) groups is 2. The summed E-state index contributed by atoms with van der Waals surface area (Å²) in [6.07, 6.45) is 0. The summed E-state index contributed by atoms with van der Waals surface area (Å²) in [5, 5.41) is 16.2. The number of methoxy groups -OCH3 is 1. The average Bonchev–Trinajstić information content (AvgIpc) is 2.81. The molecule has 1 aromatic carbocycles. The molecular weight excluding hydrogens is 317 g/mol. The van der Waals surface area contributed by atoms with Gasteiger partial charge in [0, 0.05) is 18.4 Å². The molecule has 24 heavy (non-hydrogen) atoms. The molecule has 2 aromatic rings. The largest absolute Gasteiger partial charge is 0.479 e. The Bertz CT molecular complexity index is 755. The molecule has 0 radical (unpaired) electrons. The van der Waals surface area contributed by atoms with E-state index in [4.69, 9.17) is 4.74 Å². The number of carboxylic acids is 1. The van der Waals surface area contributed by atoms with Crippen molar-refractivity contribution in [2.24, 2.45) is 0 Å². The Morgan fingerprint density at radius 1 is 1.33 bits per heavy atom. The molecule has 0 saturated heterocycles. The first-order valence-corrected chi connectivity index (χ1v) is 7.18. The molecule has 1 aromatic heterocycles. The van der Waals surface area contributed by atoms with Gasteiger partial charge in [-0.1, -0.05) is 0 Å². The van der Waals surface area contributed by atoms with E-state index in [0.717, 1.165) is 0 Å². The molecule has 1 unspecified atom stereocenters. The van der Waals surface area contributed by atoms with Crippen LogP contribution in [0.4, 0.5) is 4.39 Å². The zero-order valence-corrected chi connectivity index (χ0v) is 13.5. The molecule has 1 amide bonds. The Kier molecular flexibility index (Phi) is 5.30. The summed E-state index contributed by atoms with van der Waals surface area (Å²) in [7, 11) is 1.35. The van der Waals surface area contributed by atoms with Gasteiger partial charge in [0.15, 0.2) is 6.04 Å². The van der Waals surface area contributed by atoms with Gasteiger partial charge in [-0.15, -0.1) is 0 Å². The van der Waals surface area contributed by atoms with E-state index in [1.807, 2.05) is 0 Å². The van der Waals surface area contributed by atoms with Gasteiger partial charge < -0.3 is 15.2 Å². The molecule has 0 aliphatic carbocycles. The molecule has 2 N–H and O–H groups in total. The summed E-state index contributed by atoms with van der Waals surface area (Å²) >= 11 is 0. The number of amides is 1. The molecule has 128 valence electrons. The van der Waals surface area contributed by atoms with Crippen molar-refractivity contribution in [3.63, 3.8) is 0 Å². The fourth-order valence-electron chi connectivity index (χ4n) is 2.50. The SMILES string of the molecule is COCC(=O)NC(C(=O)O)c1c(C)nn(-c2ccc(F)cc2)c1C. The number of nitrogens with zero attached hydrogens (tertiary/aromatic N) is 2. The minimum atomic E-state index is -1.25. The second-order valence-corrected chi connectivity index (χ2v) is 5.24. The lowest BCUT2D eigenvalue weighted by Crippen LogP contribution is -2.36. The standard InChI is InChI=1S/C16H18FN3O4/c1-9-14(15(16(22)23)18-13(21)8-24-3)10(2)20(19-9)12-6-4-11(17)5-7-12/h4-7,15H,8H2,1-3H3,(H,18,21)(H,22,23). The number of nitrogens with one attached hydrogen (secondary N) is 1. The third-order valence-corrected chi connectivity index (χ3v) is 3.53. The van der Waals surface area contributed by atoms with Crippen LogP contribution in [0.15, 0.2) is 24.3 Å². The number of benzene rings is 1. The van der Waals surface area contributed by atoms with Crippen molar-refractivity contribution in [2.45, 2.75) is 19.9 Å². The Morgan fingerprint density at radius 3 is 2.50 bits per heavy atom. The fourth-order valence-corrected chi connectivity index (χ4v) is 2.50. The van der Waals surface area contributed by atoms with Gasteiger partial charge in [0.25, 0.3) is 0 Å². The van der Waals surface area contributed by atoms with E-state index in [1.165, 1.54) is 36.1 Å². The Balaban J connectivity index is 2.43.